The molecule has 23 heavy (non-hydrogen) atoms. The second kappa shape index (κ2) is 6.12. The predicted molar refractivity (Wildman–Crippen MR) is 81.9 cm³/mol. The summed E-state index contributed by atoms with van der Waals surface area (Å²) >= 11 is 0. The van der Waals surface area contributed by atoms with Crippen molar-refractivity contribution in [1.82, 2.24) is 4.90 Å². The summed E-state index contributed by atoms with van der Waals surface area (Å²) in [6.45, 7) is -1.22. The van der Waals surface area contributed by atoms with Crippen LogP contribution in [0, 0.1) is 0 Å². The Morgan fingerprint density at radius 2 is 1.43 bits per heavy atom. The fourth-order valence-corrected chi connectivity index (χ4v) is 2.77. The minimum atomic E-state index is -1.22. The zero-order valence-corrected chi connectivity index (χ0v) is 12.2. The highest BCUT2D eigenvalue weighted by Gasteiger charge is 2.42. The average molecular weight is 311 g/mol. The normalized spacial score (nSPS) is 14.7. The van der Waals surface area contributed by atoms with Gasteiger partial charge in [0.1, 0.15) is 12.7 Å². The average Bonchev–Trinajstić information content (AvgIpc) is 2.85. The first-order valence-corrected chi connectivity index (χ1v) is 7.23. The van der Waals surface area contributed by atoms with Crippen LogP contribution >= 0.6 is 0 Å². The second-order valence-corrected chi connectivity index (χ2v) is 5.33. The molecular formula is C18H14FNO3. The number of hydrogen-bond acceptors (Lipinski definition) is 3. The molecule has 1 aliphatic rings. The van der Waals surface area contributed by atoms with Crippen LogP contribution in [-0.4, -0.2) is 35.2 Å². The van der Waals surface area contributed by atoms with Gasteiger partial charge in [-0.3, -0.25) is 19.3 Å². The molecule has 0 saturated heterocycles. The van der Waals surface area contributed by atoms with E-state index >= 15 is 0 Å². The first-order valence-electron chi connectivity index (χ1n) is 7.23. The Morgan fingerprint density at radius 3 is 1.96 bits per heavy atom. The van der Waals surface area contributed by atoms with Crippen molar-refractivity contribution in [3.8, 4) is 0 Å². The summed E-state index contributed by atoms with van der Waals surface area (Å²) in [5.74, 6) is -1.87. The minimum absolute atomic E-state index is 0.106. The van der Waals surface area contributed by atoms with Crippen molar-refractivity contribution in [3.63, 3.8) is 0 Å². The van der Waals surface area contributed by atoms with Gasteiger partial charge in [-0.1, -0.05) is 42.5 Å². The van der Waals surface area contributed by atoms with Crippen molar-refractivity contribution in [2.24, 2.45) is 0 Å². The maximum absolute atomic E-state index is 13.0. The first-order chi connectivity index (χ1) is 11.1. The Hall–Kier alpha value is -2.82. The molecule has 0 bridgehead atoms. The lowest BCUT2D eigenvalue weighted by atomic mass is 10.0. The molecule has 0 saturated carbocycles. The number of alkyl halides is 1. The number of amides is 2. The fraction of sp³-hybridized carbons (Fsp3) is 0.167. The third-order valence-electron chi connectivity index (χ3n) is 3.91. The highest BCUT2D eigenvalue weighted by atomic mass is 19.1. The quantitative estimate of drug-likeness (QED) is 0.797. The minimum Gasteiger partial charge on any atom is -0.294 e. The Bertz CT molecular complexity index is 738. The fourth-order valence-electron chi connectivity index (χ4n) is 2.77. The van der Waals surface area contributed by atoms with Crippen LogP contribution in [0.2, 0.25) is 0 Å². The highest BCUT2D eigenvalue weighted by Crippen LogP contribution is 2.26. The molecule has 1 aliphatic heterocycles. The van der Waals surface area contributed by atoms with E-state index in [-0.39, 0.29) is 17.5 Å². The van der Waals surface area contributed by atoms with Crippen LogP contribution in [0.25, 0.3) is 0 Å². The molecule has 5 heteroatoms. The summed E-state index contributed by atoms with van der Waals surface area (Å²) in [6.07, 6.45) is 0.106. The molecule has 116 valence electrons. The summed E-state index contributed by atoms with van der Waals surface area (Å²) in [5, 5.41) is 0. The monoisotopic (exact) mass is 311 g/mol. The molecule has 1 heterocycles. The largest absolute Gasteiger partial charge is 0.294 e. The van der Waals surface area contributed by atoms with E-state index in [0.717, 1.165) is 10.5 Å². The van der Waals surface area contributed by atoms with Crippen LogP contribution in [0.1, 0.15) is 26.3 Å². The smallest absolute Gasteiger partial charge is 0.262 e. The number of benzene rings is 2. The van der Waals surface area contributed by atoms with Crippen molar-refractivity contribution < 1.29 is 18.8 Å². The summed E-state index contributed by atoms with van der Waals surface area (Å²) in [7, 11) is 0. The molecule has 0 fully saturated rings. The van der Waals surface area contributed by atoms with Crippen LogP contribution in [0.4, 0.5) is 4.39 Å². The lowest BCUT2D eigenvalue weighted by molar-refractivity contribution is -0.123. The zero-order valence-electron chi connectivity index (χ0n) is 12.2. The van der Waals surface area contributed by atoms with Gasteiger partial charge in [-0.2, -0.15) is 0 Å². The number of hydrogen-bond donors (Lipinski definition) is 0. The first kappa shape index (κ1) is 15.1. The van der Waals surface area contributed by atoms with Crippen molar-refractivity contribution in [2.45, 2.75) is 12.5 Å². The number of fused-ring (bicyclic) bond motifs is 1. The molecule has 2 aromatic rings. The third-order valence-corrected chi connectivity index (χ3v) is 3.91. The van der Waals surface area contributed by atoms with Gasteiger partial charge < -0.3 is 0 Å². The van der Waals surface area contributed by atoms with Gasteiger partial charge in [0, 0.05) is 6.42 Å². The Kier molecular flexibility index (Phi) is 4.02. The molecule has 0 N–H and O–H groups in total. The number of carbonyl (C=O) groups excluding carboxylic acids is 3. The molecule has 1 atom stereocenters. The Balaban J connectivity index is 1.97. The molecule has 0 spiro atoms. The number of rotatable bonds is 5. The Morgan fingerprint density at radius 1 is 0.913 bits per heavy atom. The lowest BCUT2D eigenvalue weighted by Crippen LogP contribution is -2.46. The van der Waals surface area contributed by atoms with Gasteiger partial charge in [0.2, 0.25) is 0 Å². The van der Waals surface area contributed by atoms with E-state index in [1.807, 2.05) is 6.07 Å². The molecule has 3 rings (SSSR count). The van der Waals surface area contributed by atoms with Gasteiger partial charge in [0.05, 0.1) is 11.1 Å². The van der Waals surface area contributed by atoms with E-state index in [0.29, 0.717) is 0 Å². The van der Waals surface area contributed by atoms with Gasteiger partial charge in [-0.15, -0.1) is 0 Å². The molecular weight excluding hydrogens is 297 g/mol. The van der Waals surface area contributed by atoms with Crippen molar-refractivity contribution in [3.05, 3.63) is 71.3 Å². The van der Waals surface area contributed by atoms with E-state index in [9.17, 15) is 18.8 Å². The van der Waals surface area contributed by atoms with Crippen molar-refractivity contribution in [1.29, 1.82) is 0 Å². The van der Waals surface area contributed by atoms with E-state index in [2.05, 4.69) is 0 Å². The van der Waals surface area contributed by atoms with Gasteiger partial charge >= 0.3 is 0 Å². The maximum Gasteiger partial charge on any atom is 0.262 e. The second-order valence-electron chi connectivity index (χ2n) is 5.33. The summed E-state index contributed by atoms with van der Waals surface area (Å²) < 4.78 is 13.0. The van der Waals surface area contributed by atoms with Gasteiger partial charge in [-0.05, 0) is 17.7 Å². The third kappa shape index (κ3) is 2.65. The maximum atomic E-state index is 13.0. The summed E-state index contributed by atoms with van der Waals surface area (Å²) in [5.41, 5.74) is 1.26. The van der Waals surface area contributed by atoms with Crippen LogP contribution < -0.4 is 0 Å². The number of halogens is 1. The molecule has 1 unspecified atom stereocenters. The number of nitrogens with zero attached hydrogens (tertiary/aromatic N) is 1. The summed E-state index contributed by atoms with van der Waals surface area (Å²) in [6, 6.07) is 14.2. The number of ketones is 1. The highest BCUT2D eigenvalue weighted by molar-refractivity contribution is 6.23. The van der Waals surface area contributed by atoms with E-state index in [4.69, 9.17) is 0 Å². The lowest BCUT2D eigenvalue weighted by Gasteiger charge is -2.24. The molecule has 0 aromatic heterocycles. The predicted octanol–water partition coefficient (Wildman–Crippen LogP) is 2.43. The molecule has 2 aromatic carbocycles. The van der Waals surface area contributed by atoms with Crippen LogP contribution in [-0.2, 0) is 11.2 Å². The topological polar surface area (TPSA) is 54.5 Å². The number of carbonyl (C=O) groups is 3. The van der Waals surface area contributed by atoms with Crippen molar-refractivity contribution >= 4 is 17.6 Å². The SMILES string of the molecule is O=C(CF)C(Cc1ccccc1)N1C(=O)c2ccccc2C1=O. The molecule has 2 amide bonds. The molecule has 0 aliphatic carbocycles. The van der Waals surface area contributed by atoms with E-state index in [1.54, 1.807) is 36.4 Å². The standard InChI is InChI=1S/C18H14FNO3/c19-11-16(21)15(10-12-6-2-1-3-7-12)20-17(22)13-8-4-5-9-14(13)18(20)23/h1-9,15H,10-11H2. The zero-order chi connectivity index (χ0) is 16.4. The Labute approximate surface area is 132 Å². The number of Topliss-reactive ketones (excluding diaryl/α,β-unsaturated/α-hetero) is 1. The van der Waals surface area contributed by atoms with Crippen LogP contribution in [0.3, 0.4) is 0 Å². The molecule has 0 radical (unpaired) electrons. The summed E-state index contributed by atoms with van der Waals surface area (Å²) in [4.78, 5) is 37.9. The van der Waals surface area contributed by atoms with Crippen molar-refractivity contribution in [2.75, 3.05) is 6.67 Å². The van der Waals surface area contributed by atoms with Gasteiger partial charge in [0.15, 0.2) is 5.78 Å². The van der Waals surface area contributed by atoms with E-state index < -0.39 is 30.3 Å². The number of imide groups is 1. The van der Waals surface area contributed by atoms with E-state index in [1.165, 1.54) is 12.1 Å². The molecule has 4 nitrogen and oxygen atoms in total. The van der Waals surface area contributed by atoms with Gasteiger partial charge in [-0.25, -0.2) is 4.39 Å². The van der Waals surface area contributed by atoms with Crippen LogP contribution in [0.5, 0.6) is 0 Å². The van der Waals surface area contributed by atoms with Crippen LogP contribution in [0.15, 0.2) is 54.6 Å². The van der Waals surface area contributed by atoms with Gasteiger partial charge in [0.25, 0.3) is 11.8 Å².